The number of Topliss-reactive ketones (excluding diaryl/α,β-unsaturated/α-hetero) is 2. The second kappa shape index (κ2) is 14.4. The fraction of sp³-hybridized carbons (Fsp3) is 0.606. The van der Waals surface area contributed by atoms with Gasteiger partial charge in [-0.25, -0.2) is 0 Å². The summed E-state index contributed by atoms with van der Waals surface area (Å²) in [6.07, 6.45) is -12.3. The number of carbonyl (C=O) groups excluding carboxylic acids is 3. The van der Waals surface area contributed by atoms with Crippen molar-refractivity contribution in [1.29, 1.82) is 0 Å². The predicted octanol–water partition coefficient (Wildman–Crippen LogP) is 4.15. The minimum absolute atomic E-state index is 0. The number of rotatable bonds is 11. The Kier molecular flexibility index (Phi) is 11.7. The summed E-state index contributed by atoms with van der Waals surface area (Å²) in [6, 6.07) is 0.246. The van der Waals surface area contributed by atoms with Gasteiger partial charge in [0.1, 0.15) is 22.8 Å². The van der Waals surface area contributed by atoms with Gasteiger partial charge in [-0.3, -0.25) is 24.2 Å². The maximum Gasteiger partial charge on any atom is 0.389 e. The third kappa shape index (κ3) is 7.59. The molecule has 0 radical (unpaired) electrons. The number of phenols is 1. The number of aliphatic hydroxyl groups is 3. The van der Waals surface area contributed by atoms with E-state index < -0.39 is 107 Å². The molecule has 3 aliphatic carbocycles. The zero-order chi connectivity index (χ0) is 37.0. The van der Waals surface area contributed by atoms with E-state index in [0.29, 0.717) is 11.3 Å². The molecule has 11 nitrogen and oxygen atoms in total. The number of nitrogens with two attached hydrogens (primary N) is 1. The highest BCUT2D eigenvalue weighted by atomic mass is 19.4. The number of aliphatic hydroxyl groups excluding tert-OH is 2. The van der Waals surface area contributed by atoms with Crippen LogP contribution in [0.1, 0.15) is 56.2 Å². The van der Waals surface area contributed by atoms with E-state index in [-0.39, 0.29) is 51.0 Å². The molecule has 1 aromatic rings. The number of nitrogens with zero attached hydrogens (tertiary/aromatic N) is 3. The SMILES string of the molecule is C.CN(C)c1cc(CN(CCCC(F)(F)F)CCCC(F)(F)F)c(O)c2c1C[C@H]1C[C@H]3[C@H](N(C)C)C(=O)C(C(N)=O)=C(O)[C@@]3(O)C(=O)C1=C2O. The van der Waals surface area contributed by atoms with Gasteiger partial charge in [-0.15, -0.1) is 0 Å². The van der Waals surface area contributed by atoms with Crippen LogP contribution in [0.5, 0.6) is 5.75 Å². The van der Waals surface area contributed by atoms with Crippen molar-refractivity contribution in [1.82, 2.24) is 9.80 Å². The van der Waals surface area contributed by atoms with Gasteiger partial charge in [0, 0.05) is 56.2 Å². The fourth-order valence-electron chi connectivity index (χ4n) is 7.38. The van der Waals surface area contributed by atoms with Crippen LogP contribution < -0.4 is 10.6 Å². The molecule has 4 rings (SSSR count). The third-order valence-electron chi connectivity index (χ3n) is 9.52. The van der Waals surface area contributed by atoms with Gasteiger partial charge >= 0.3 is 12.4 Å². The first-order valence-electron chi connectivity index (χ1n) is 15.6. The maximum atomic E-state index is 14.2. The third-order valence-corrected chi connectivity index (χ3v) is 9.52. The van der Waals surface area contributed by atoms with Crippen LogP contribution in [0.15, 0.2) is 23.0 Å². The van der Waals surface area contributed by atoms with Crippen molar-refractivity contribution in [3.63, 3.8) is 0 Å². The number of carbonyl (C=O) groups is 3. The van der Waals surface area contributed by atoms with Gasteiger partial charge in [0.05, 0.1) is 11.6 Å². The summed E-state index contributed by atoms with van der Waals surface area (Å²) in [6.45, 7) is -0.820. The Balaban J connectivity index is 0.00000676. The van der Waals surface area contributed by atoms with Crippen molar-refractivity contribution in [3.8, 4) is 5.75 Å². The molecule has 0 heterocycles. The average molecular weight is 723 g/mol. The van der Waals surface area contributed by atoms with E-state index in [1.165, 1.54) is 30.0 Å². The zero-order valence-corrected chi connectivity index (χ0v) is 27.4. The molecule has 0 spiro atoms. The van der Waals surface area contributed by atoms with Crippen molar-refractivity contribution >= 4 is 28.9 Å². The van der Waals surface area contributed by atoms with Crippen LogP contribution in [0.25, 0.3) is 5.76 Å². The standard InChI is InChI=1S/C32H40F6N4O7.CH4/c1-40(2)19-13-16(14-42(9-5-7-30(33,34)35)10-6-8-31(36,37)38)24(43)21-17(19)11-15-12-18-23(41(3)4)26(45)22(29(39)48)28(47)32(18,49)27(46)20(15)25(21)44;/h13,15,18,23,43-44,47,49H,5-12,14H2,1-4H3,(H2,39,48);1H4/t15-,18-,23-,32-;/m0./s1. The molecule has 17 heteroatoms. The molecule has 0 unspecified atom stereocenters. The van der Waals surface area contributed by atoms with Crippen molar-refractivity contribution in [2.45, 2.75) is 76.5 Å². The monoisotopic (exact) mass is 722 g/mol. The summed E-state index contributed by atoms with van der Waals surface area (Å²) in [7, 11) is 6.23. The quantitative estimate of drug-likeness (QED) is 0.165. The van der Waals surface area contributed by atoms with E-state index in [2.05, 4.69) is 0 Å². The van der Waals surface area contributed by atoms with Gasteiger partial charge in [0.2, 0.25) is 5.78 Å². The summed E-state index contributed by atoms with van der Waals surface area (Å²) in [5.41, 5.74) is 1.74. The number of amides is 1. The molecule has 1 fully saturated rings. The molecule has 6 N–H and O–H groups in total. The highest BCUT2D eigenvalue weighted by Crippen LogP contribution is 2.54. The molecule has 0 aliphatic heterocycles. The highest BCUT2D eigenvalue weighted by Gasteiger charge is 2.64. The number of benzene rings is 1. The zero-order valence-electron chi connectivity index (χ0n) is 27.4. The Morgan fingerprint density at radius 2 is 1.52 bits per heavy atom. The Hall–Kier alpha value is -3.83. The van der Waals surface area contributed by atoms with E-state index in [0.717, 1.165) is 0 Å². The number of fused-ring (bicyclic) bond motifs is 3. The number of hydrogen-bond acceptors (Lipinski definition) is 10. The van der Waals surface area contributed by atoms with Gasteiger partial charge in [0.25, 0.3) is 5.91 Å². The number of likely N-dealkylation sites (N-methyl/N-ethyl adjacent to an activating group) is 1. The number of hydrogen-bond donors (Lipinski definition) is 5. The summed E-state index contributed by atoms with van der Waals surface area (Å²) in [5.74, 6) is -8.19. The number of halogens is 6. The van der Waals surface area contributed by atoms with Gasteiger partial charge in [-0.05, 0) is 70.4 Å². The topological polar surface area (TPSA) is 168 Å². The van der Waals surface area contributed by atoms with Crippen LogP contribution >= 0.6 is 0 Å². The van der Waals surface area contributed by atoms with E-state index in [1.54, 1.807) is 19.0 Å². The number of anilines is 1. The largest absolute Gasteiger partial charge is 0.508 e. The van der Waals surface area contributed by atoms with Crippen molar-refractivity contribution < 1.29 is 61.2 Å². The first-order valence-corrected chi connectivity index (χ1v) is 15.6. The molecule has 3 aliphatic rings. The Bertz CT molecular complexity index is 1570. The molecule has 1 amide bonds. The molecular formula is C33H44F6N4O7. The van der Waals surface area contributed by atoms with Gasteiger partial charge in [0.15, 0.2) is 11.4 Å². The Labute approximate surface area is 285 Å². The molecular weight excluding hydrogens is 678 g/mol. The van der Waals surface area contributed by atoms with Crippen LogP contribution in [-0.2, 0) is 27.3 Å². The minimum Gasteiger partial charge on any atom is -0.508 e. The molecule has 280 valence electrons. The Morgan fingerprint density at radius 3 is 1.98 bits per heavy atom. The average Bonchev–Trinajstić information content (AvgIpc) is 2.94. The molecule has 0 aromatic heterocycles. The van der Waals surface area contributed by atoms with Crippen molar-refractivity contribution in [3.05, 3.63) is 39.7 Å². The van der Waals surface area contributed by atoms with Crippen LogP contribution in [0.3, 0.4) is 0 Å². The smallest absolute Gasteiger partial charge is 0.389 e. The van der Waals surface area contributed by atoms with Gasteiger partial charge < -0.3 is 31.1 Å². The number of aromatic hydroxyl groups is 1. The molecule has 1 aromatic carbocycles. The van der Waals surface area contributed by atoms with Gasteiger partial charge in [-0.1, -0.05) is 7.43 Å². The van der Waals surface area contributed by atoms with Crippen LogP contribution in [-0.4, -0.2) is 113 Å². The second-order valence-corrected chi connectivity index (χ2v) is 13.3. The lowest BCUT2D eigenvalue weighted by atomic mass is 9.57. The lowest BCUT2D eigenvalue weighted by Gasteiger charge is -2.50. The van der Waals surface area contributed by atoms with Crippen molar-refractivity contribution in [2.75, 3.05) is 46.2 Å². The molecule has 0 bridgehead atoms. The highest BCUT2D eigenvalue weighted by molar-refractivity contribution is 6.24. The van der Waals surface area contributed by atoms with E-state index in [9.17, 15) is 61.2 Å². The van der Waals surface area contributed by atoms with Gasteiger partial charge in [-0.2, -0.15) is 26.3 Å². The van der Waals surface area contributed by atoms with E-state index in [1.807, 2.05) is 0 Å². The normalized spacial score (nSPS) is 23.9. The van der Waals surface area contributed by atoms with Crippen LogP contribution in [0, 0.1) is 11.8 Å². The van der Waals surface area contributed by atoms with Crippen LogP contribution in [0.4, 0.5) is 32.0 Å². The predicted molar refractivity (Wildman–Crippen MR) is 171 cm³/mol. The number of primary amides is 1. The number of alkyl halides is 6. The lowest BCUT2D eigenvalue weighted by Crippen LogP contribution is -2.65. The fourth-order valence-corrected chi connectivity index (χ4v) is 7.38. The first kappa shape index (κ1) is 40.6. The summed E-state index contributed by atoms with van der Waals surface area (Å²) < 4.78 is 77.3. The number of phenolic OH excluding ortho intramolecular Hbond substituents is 1. The van der Waals surface area contributed by atoms with Crippen molar-refractivity contribution in [2.24, 2.45) is 17.6 Å². The van der Waals surface area contributed by atoms with Crippen LogP contribution in [0.2, 0.25) is 0 Å². The molecule has 50 heavy (non-hydrogen) atoms. The summed E-state index contributed by atoms with van der Waals surface area (Å²) >= 11 is 0. The minimum atomic E-state index is -4.49. The lowest BCUT2D eigenvalue weighted by molar-refractivity contribution is -0.153. The van der Waals surface area contributed by atoms with E-state index in [4.69, 9.17) is 5.73 Å². The molecule has 4 atom stereocenters. The summed E-state index contributed by atoms with van der Waals surface area (Å²) in [4.78, 5) is 44.0. The van der Waals surface area contributed by atoms with E-state index >= 15 is 0 Å². The number of ketones is 2. The molecule has 1 saturated carbocycles. The maximum absolute atomic E-state index is 14.2. The first-order chi connectivity index (χ1) is 22.5. The summed E-state index contributed by atoms with van der Waals surface area (Å²) in [5, 5.41) is 46.0. The molecule has 0 saturated heterocycles. The second-order valence-electron chi connectivity index (χ2n) is 13.3. The Morgan fingerprint density at radius 1 is 0.980 bits per heavy atom.